The lowest BCUT2D eigenvalue weighted by Crippen LogP contribution is -2.28. The summed E-state index contributed by atoms with van der Waals surface area (Å²) in [4.78, 5) is 24.9. The molecule has 8 heteroatoms. The van der Waals surface area contributed by atoms with Crippen molar-refractivity contribution in [2.24, 2.45) is 0 Å². The molecule has 2 heterocycles. The average Bonchev–Trinajstić information content (AvgIpc) is 3.35. The van der Waals surface area contributed by atoms with Gasteiger partial charge in [0.05, 0.1) is 5.69 Å². The Morgan fingerprint density at radius 1 is 1.10 bits per heavy atom. The number of halogens is 1. The van der Waals surface area contributed by atoms with Crippen LogP contribution in [0.2, 0.25) is 0 Å². The molecule has 1 aromatic heterocycles. The second-order valence-electron chi connectivity index (χ2n) is 7.06. The summed E-state index contributed by atoms with van der Waals surface area (Å²) in [5.74, 6) is 1.21. The van der Waals surface area contributed by atoms with E-state index in [1.54, 1.807) is 34.7 Å². The van der Waals surface area contributed by atoms with Crippen LogP contribution in [0.4, 0.5) is 10.2 Å². The largest absolute Gasteiger partial charge is 0.350 e. The minimum Gasteiger partial charge on any atom is -0.350 e. The molecule has 31 heavy (non-hydrogen) atoms. The molecule has 2 N–H and O–H groups in total. The summed E-state index contributed by atoms with van der Waals surface area (Å²) in [5.41, 5.74) is 3.57. The van der Waals surface area contributed by atoms with Crippen LogP contribution in [0.5, 0.6) is 0 Å². The van der Waals surface area contributed by atoms with Crippen LogP contribution in [0.15, 0.2) is 60.7 Å². The van der Waals surface area contributed by atoms with E-state index in [0.717, 1.165) is 33.9 Å². The second-order valence-corrected chi connectivity index (χ2v) is 8.05. The number of benzene rings is 2. The minimum atomic E-state index is -0.319. The van der Waals surface area contributed by atoms with Gasteiger partial charge in [0, 0.05) is 29.7 Å². The van der Waals surface area contributed by atoms with Gasteiger partial charge in [-0.1, -0.05) is 42.5 Å². The Morgan fingerprint density at radius 2 is 1.87 bits per heavy atom. The molecule has 2 aromatic carbocycles. The Kier molecular flexibility index (Phi) is 6.47. The highest BCUT2D eigenvalue weighted by atomic mass is 32.2. The summed E-state index contributed by atoms with van der Waals surface area (Å²) < 4.78 is 14.6. The zero-order chi connectivity index (χ0) is 21.6. The summed E-state index contributed by atoms with van der Waals surface area (Å²) in [5, 5.41) is 10.2. The van der Waals surface area contributed by atoms with Crippen LogP contribution < -0.4 is 10.6 Å². The first-order chi connectivity index (χ1) is 15.1. The normalized spacial score (nSPS) is 12.7. The van der Waals surface area contributed by atoms with Crippen molar-refractivity contribution in [3.05, 3.63) is 88.9 Å². The maximum absolute atomic E-state index is 13.0. The minimum absolute atomic E-state index is 0.0170. The van der Waals surface area contributed by atoms with Gasteiger partial charge in [0.2, 0.25) is 11.8 Å². The molecule has 2 amide bonds. The number of anilines is 1. The molecule has 0 saturated heterocycles. The summed E-state index contributed by atoms with van der Waals surface area (Å²) in [6, 6.07) is 15.5. The lowest BCUT2D eigenvalue weighted by Gasteiger charge is -2.10. The SMILES string of the molecule is O=C(/C=C/c1ccccc1)Nc1c2c(nn1CC(=O)NCc1ccc(F)cc1)CSC2. The van der Waals surface area contributed by atoms with Crippen LogP contribution in [0.1, 0.15) is 22.4 Å². The lowest BCUT2D eigenvalue weighted by molar-refractivity contribution is -0.122. The van der Waals surface area contributed by atoms with Gasteiger partial charge in [-0.25, -0.2) is 9.07 Å². The van der Waals surface area contributed by atoms with E-state index in [4.69, 9.17) is 0 Å². The Labute approximate surface area is 183 Å². The Hall–Kier alpha value is -3.39. The lowest BCUT2D eigenvalue weighted by atomic mass is 10.2. The number of nitrogens with one attached hydrogen (secondary N) is 2. The van der Waals surface area contributed by atoms with E-state index in [0.29, 0.717) is 5.82 Å². The van der Waals surface area contributed by atoms with Gasteiger partial charge >= 0.3 is 0 Å². The number of aromatic nitrogens is 2. The van der Waals surface area contributed by atoms with Crippen LogP contribution in [0.25, 0.3) is 6.08 Å². The molecule has 0 aliphatic carbocycles. The predicted octanol–water partition coefficient (Wildman–Crippen LogP) is 3.74. The van der Waals surface area contributed by atoms with Gasteiger partial charge in [0.15, 0.2) is 0 Å². The Bertz CT molecular complexity index is 1110. The highest BCUT2D eigenvalue weighted by molar-refractivity contribution is 7.98. The van der Waals surface area contributed by atoms with E-state index >= 15 is 0 Å². The molecule has 3 aromatic rings. The highest BCUT2D eigenvalue weighted by Crippen LogP contribution is 2.34. The number of thioether (sulfide) groups is 1. The van der Waals surface area contributed by atoms with Crippen LogP contribution >= 0.6 is 11.8 Å². The topological polar surface area (TPSA) is 76.0 Å². The monoisotopic (exact) mass is 436 g/mol. The molecule has 0 spiro atoms. The summed E-state index contributed by atoms with van der Waals surface area (Å²) in [6.45, 7) is 0.272. The van der Waals surface area contributed by atoms with Crippen LogP contribution in [-0.4, -0.2) is 21.6 Å². The fourth-order valence-electron chi connectivity index (χ4n) is 3.21. The zero-order valence-corrected chi connectivity index (χ0v) is 17.5. The summed E-state index contributed by atoms with van der Waals surface area (Å²) >= 11 is 1.72. The van der Waals surface area contributed by atoms with Crippen molar-refractivity contribution in [2.45, 2.75) is 24.6 Å². The molecule has 1 aliphatic heterocycles. The Balaban J connectivity index is 1.42. The number of nitrogens with zero attached hydrogens (tertiary/aromatic N) is 2. The number of fused-ring (bicyclic) bond motifs is 1. The molecule has 0 radical (unpaired) electrons. The van der Waals surface area contributed by atoms with Crippen LogP contribution in [-0.2, 0) is 34.2 Å². The molecular weight excluding hydrogens is 415 g/mol. The third-order valence-electron chi connectivity index (χ3n) is 4.78. The van der Waals surface area contributed by atoms with Gasteiger partial charge in [0.25, 0.3) is 0 Å². The van der Waals surface area contributed by atoms with Crippen molar-refractivity contribution < 1.29 is 14.0 Å². The molecule has 0 saturated carbocycles. The number of hydrogen-bond acceptors (Lipinski definition) is 4. The van der Waals surface area contributed by atoms with E-state index in [-0.39, 0.29) is 30.7 Å². The van der Waals surface area contributed by atoms with Crippen molar-refractivity contribution in [3.63, 3.8) is 0 Å². The number of rotatable bonds is 7. The fraction of sp³-hybridized carbons (Fsp3) is 0.174. The van der Waals surface area contributed by atoms with E-state index in [2.05, 4.69) is 15.7 Å². The molecule has 0 bridgehead atoms. The van der Waals surface area contributed by atoms with Gasteiger partial charge in [-0.2, -0.15) is 16.9 Å². The third-order valence-corrected chi connectivity index (χ3v) is 5.75. The highest BCUT2D eigenvalue weighted by Gasteiger charge is 2.24. The van der Waals surface area contributed by atoms with Crippen molar-refractivity contribution in [1.82, 2.24) is 15.1 Å². The van der Waals surface area contributed by atoms with Gasteiger partial charge in [-0.05, 0) is 29.3 Å². The quantitative estimate of drug-likeness (QED) is 0.554. The molecule has 6 nitrogen and oxygen atoms in total. The molecule has 0 atom stereocenters. The smallest absolute Gasteiger partial charge is 0.249 e. The Morgan fingerprint density at radius 3 is 2.65 bits per heavy atom. The van der Waals surface area contributed by atoms with Crippen molar-refractivity contribution in [3.8, 4) is 0 Å². The maximum atomic E-state index is 13.0. The van der Waals surface area contributed by atoms with Gasteiger partial charge in [0.1, 0.15) is 18.2 Å². The molecule has 158 valence electrons. The number of carbonyl (C=O) groups excluding carboxylic acids is 2. The molecular formula is C23H21FN4O2S. The first-order valence-electron chi connectivity index (χ1n) is 9.80. The molecule has 1 aliphatic rings. The van der Waals surface area contributed by atoms with E-state index in [9.17, 15) is 14.0 Å². The number of amides is 2. The van der Waals surface area contributed by atoms with Gasteiger partial charge < -0.3 is 10.6 Å². The maximum Gasteiger partial charge on any atom is 0.249 e. The van der Waals surface area contributed by atoms with Gasteiger partial charge in [-0.15, -0.1) is 0 Å². The summed E-state index contributed by atoms with van der Waals surface area (Å²) in [6.07, 6.45) is 3.20. The second kappa shape index (κ2) is 9.61. The molecule has 0 unspecified atom stereocenters. The van der Waals surface area contributed by atoms with Gasteiger partial charge in [-0.3, -0.25) is 9.59 Å². The van der Waals surface area contributed by atoms with E-state index in [1.165, 1.54) is 18.2 Å². The van der Waals surface area contributed by atoms with Crippen molar-refractivity contribution in [2.75, 3.05) is 5.32 Å². The molecule has 0 fully saturated rings. The predicted molar refractivity (Wildman–Crippen MR) is 120 cm³/mol. The zero-order valence-electron chi connectivity index (χ0n) is 16.7. The number of hydrogen-bond donors (Lipinski definition) is 2. The third kappa shape index (κ3) is 5.40. The first-order valence-corrected chi connectivity index (χ1v) is 11.0. The fourth-order valence-corrected chi connectivity index (χ4v) is 4.24. The van der Waals surface area contributed by atoms with E-state index < -0.39 is 0 Å². The first kappa shape index (κ1) is 20.9. The van der Waals surface area contributed by atoms with Crippen LogP contribution in [0.3, 0.4) is 0 Å². The van der Waals surface area contributed by atoms with Crippen molar-refractivity contribution >= 4 is 35.5 Å². The van der Waals surface area contributed by atoms with E-state index in [1.807, 2.05) is 30.3 Å². The summed E-state index contributed by atoms with van der Waals surface area (Å²) in [7, 11) is 0. The average molecular weight is 437 g/mol. The number of carbonyl (C=O) groups is 2. The van der Waals surface area contributed by atoms with Crippen LogP contribution in [0, 0.1) is 5.82 Å². The molecule has 4 rings (SSSR count). The standard InChI is InChI=1S/C23H21FN4O2S/c24-18-9-6-17(7-10-18)12-25-22(30)13-28-23(19-14-31-15-20(19)27-28)26-21(29)11-8-16-4-2-1-3-5-16/h1-11H,12-15H2,(H,25,30)(H,26,29)/b11-8+. The van der Waals surface area contributed by atoms with Crippen molar-refractivity contribution in [1.29, 1.82) is 0 Å².